The highest BCUT2D eigenvalue weighted by Gasteiger charge is 2.25. The van der Waals surface area contributed by atoms with Gasteiger partial charge in [0.15, 0.2) is 0 Å². The second-order valence-electron chi connectivity index (χ2n) is 6.52. The van der Waals surface area contributed by atoms with Crippen molar-refractivity contribution in [3.05, 3.63) is 121 Å². The lowest BCUT2D eigenvalue weighted by Gasteiger charge is -2.13. The maximum Gasteiger partial charge on any atom is 0.584 e. The molecule has 4 aromatic carbocycles. The van der Waals surface area contributed by atoms with Crippen molar-refractivity contribution < 1.29 is 37.6 Å². The van der Waals surface area contributed by atoms with E-state index in [0.29, 0.717) is 11.5 Å². The van der Waals surface area contributed by atoms with Gasteiger partial charge in [0.2, 0.25) is 0 Å². The lowest BCUT2D eigenvalue weighted by atomic mass is 10.3. The second-order valence-corrected chi connectivity index (χ2v) is 10.3. The van der Waals surface area contributed by atoms with Gasteiger partial charge < -0.3 is 23.6 Å². The fourth-order valence-electron chi connectivity index (χ4n) is 2.48. The number of benzene rings is 4. The lowest BCUT2D eigenvalue weighted by Crippen LogP contribution is -1.99. The van der Waals surface area contributed by atoms with E-state index in [1.807, 2.05) is 12.1 Å². The van der Waals surface area contributed by atoms with Crippen LogP contribution in [0.2, 0.25) is 0 Å². The van der Waals surface area contributed by atoms with Crippen LogP contribution in [0.5, 0.6) is 23.0 Å². The highest BCUT2D eigenvalue weighted by Crippen LogP contribution is 2.53. The zero-order valence-corrected chi connectivity index (χ0v) is 20.8. The summed E-state index contributed by atoms with van der Waals surface area (Å²) in [6, 6.07) is 34.0. The van der Waals surface area contributed by atoms with Crippen LogP contribution < -0.4 is 18.1 Å². The Kier molecular flexibility index (Phi) is 10.9. The van der Waals surface area contributed by atoms with Crippen LogP contribution in [0.1, 0.15) is 0 Å². The van der Waals surface area contributed by atoms with E-state index in [-0.39, 0.29) is 17.0 Å². The van der Waals surface area contributed by atoms with Crippen molar-refractivity contribution in [2.24, 2.45) is 0 Å². The van der Waals surface area contributed by atoms with Crippen LogP contribution in [0.3, 0.4) is 0 Å². The number of halogens is 1. The Morgan fingerprint density at radius 3 is 0.971 bits per heavy atom. The van der Waals surface area contributed by atoms with Crippen molar-refractivity contribution in [3.63, 3.8) is 0 Å². The quantitative estimate of drug-likeness (QED) is 0.243. The van der Waals surface area contributed by atoms with Crippen LogP contribution in [0.15, 0.2) is 121 Å². The minimum Gasteiger partial charge on any atom is -0.412 e. The molecule has 0 saturated carbocycles. The van der Waals surface area contributed by atoms with Crippen molar-refractivity contribution in [2.45, 2.75) is 0 Å². The Morgan fingerprint density at radius 1 is 0.486 bits per heavy atom. The van der Waals surface area contributed by atoms with Crippen molar-refractivity contribution in [1.82, 2.24) is 0 Å². The molecule has 4 rings (SSSR count). The lowest BCUT2D eigenvalue weighted by molar-refractivity contribution is 0.291. The maximum atomic E-state index is 11.9. The SMILES string of the molecule is O.O=P(Cl)(Oc1ccccc1)Oc1ccccc1.O=P(O)(Oc1ccccc1)Oc1ccccc1. The highest BCUT2D eigenvalue weighted by atomic mass is 35.7. The van der Waals surface area contributed by atoms with Crippen LogP contribution in [-0.4, -0.2) is 10.4 Å². The van der Waals surface area contributed by atoms with Crippen LogP contribution in [0.25, 0.3) is 0 Å². The number of phosphoric acid groups is 1. The molecule has 184 valence electrons. The van der Waals surface area contributed by atoms with Gasteiger partial charge in [-0.2, -0.15) is 0 Å². The minimum atomic E-state index is -4.14. The molecule has 0 atom stereocenters. The van der Waals surface area contributed by atoms with Crippen LogP contribution in [0.4, 0.5) is 0 Å². The van der Waals surface area contributed by atoms with Gasteiger partial charge in [-0.3, -0.25) is 4.89 Å². The molecule has 0 radical (unpaired) electrons. The van der Waals surface area contributed by atoms with E-state index in [0.717, 1.165) is 0 Å². The zero-order valence-electron chi connectivity index (χ0n) is 18.2. The molecular formula is C24H23ClO8P2. The van der Waals surface area contributed by atoms with Gasteiger partial charge in [-0.25, -0.2) is 9.13 Å². The summed E-state index contributed by atoms with van der Waals surface area (Å²) in [5.74, 6) is 1.38. The van der Waals surface area contributed by atoms with Gasteiger partial charge in [-0.1, -0.05) is 72.8 Å². The predicted octanol–water partition coefficient (Wildman–Crippen LogP) is 6.91. The van der Waals surface area contributed by atoms with E-state index < -0.39 is 14.8 Å². The van der Waals surface area contributed by atoms with Crippen molar-refractivity contribution in [2.75, 3.05) is 0 Å². The molecule has 0 saturated heterocycles. The van der Waals surface area contributed by atoms with Crippen LogP contribution in [0, 0.1) is 0 Å². The summed E-state index contributed by atoms with van der Waals surface area (Å²) in [5.41, 5.74) is 0. The molecule has 4 aromatic rings. The summed E-state index contributed by atoms with van der Waals surface area (Å²) in [6.45, 7) is -3.66. The molecule has 0 aromatic heterocycles. The van der Waals surface area contributed by atoms with E-state index in [9.17, 15) is 14.0 Å². The zero-order chi connectivity index (χ0) is 24.3. The monoisotopic (exact) mass is 536 g/mol. The molecule has 0 aliphatic rings. The second kappa shape index (κ2) is 13.6. The molecule has 11 heteroatoms. The molecule has 0 spiro atoms. The molecular weight excluding hydrogens is 514 g/mol. The summed E-state index contributed by atoms with van der Waals surface area (Å²) < 4.78 is 43.5. The maximum absolute atomic E-state index is 11.9. The van der Waals surface area contributed by atoms with E-state index in [2.05, 4.69) is 0 Å². The topological polar surface area (TPSA) is 123 Å². The number of hydrogen-bond donors (Lipinski definition) is 1. The van der Waals surface area contributed by atoms with Crippen LogP contribution in [-0.2, 0) is 9.13 Å². The fraction of sp³-hybridized carbons (Fsp3) is 0. The Labute approximate surface area is 207 Å². The number of rotatable bonds is 8. The summed E-state index contributed by atoms with van der Waals surface area (Å²) in [7, 11) is -4.14. The summed E-state index contributed by atoms with van der Waals surface area (Å²) in [4.78, 5) is 9.53. The molecule has 0 aliphatic heterocycles. The average molecular weight is 537 g/mol. The molecule has 0 heterocycles. The normalized spacial score (nSPS) is 10.6. The van der Waals surface area contributed by atoms with Gasteiger partial charge in [0.05, 0.1) is 0 Å². The fourth-order valence-corrected chi connectivity index (χ4v) is 4.56. The van der Waals surface area contributed by atoms with Gasteiger partial charge in [0.25, 0.3) is 0 Å². The predicted molar refractivity (Wildman–Crippen MR) is 135 cm³/mol. The highest BCUT2D eigenvalue weighted by molar-refractivity contribution is 7.82. The smallest absolute Gasteiger partial charge is 0.412 e. The minimum absolute atomic E-state index is 0. The van der Waals surface area contributed by atoms with Gasteiger partial charge in [-0.15, -0.1) is 0 Å². The first-order valence-electron chi connectivity index (χ1n) is 9.92. The largest absolute Gasteiger partial charge is 0.584 e. The number of hydrogen-bond acceptors (Lipinski definition) is 6. The van der Waals surface area contributed by atoms with E-state index >= 15 is 0 Å². The third kappa shape index (κ3) is 10.7. The Morgan fingerprint density at radius 2 is 0.714 bits per heavy atom. The Balaban J connectivity index is 0.000000240. The summed E-state index contributed by atoms with van der Waals surface area (Å²) in [6.07, 6.45) is 0. The first-order valence-corrected chi connectivity index (χ1v) is 13.9. The Bertz CT molecular complexity index is 1040. The summed E-state index contributed by atoms with van der Waals surface area (Å²) >= 11 is 5.72. The van der Waals surface area contributed by atoms with Crippen molar-refractivity contribution in [1.29, 1.82) is 0 Å². The summed E-state index contributed by atoms with van der Waals surface area (Å²) in [5, 5.41) is 0. The van der Waals surface area contributed by atoms with Gasteiger partial charge in [0, 0.05) is 11.2 Å². The molecule has 35 heavy (non-hydrogen) atoms. The molecule has 3 N–H and O–H groups in total. The van der Waals surface area contributed by atoms with E-state index in [1.54, 1.807) is 109 Å². The molecule has 0 amide bonds. The molecule has 0 bridgehead atoms. The molecule has 8 nitrogen and oxygen atoms in total. The first kappa shape index (κ1) is 28.0. The Hall–Kier alpha value is -3.25. The van der Waals surface area contributed by atoms with E-state index in [1.165, 1.54) is 0 Å². The average Bonchev–Trinajstić information content (AvgIpc) is 2.81. The van der Waals surface area contributed by atoms with Gasteiger partial charge in [0.1, 0.15) is 23.0 Å². The van der Waals surface area contributed by atoms with E-state index in [4.69, 9.17) is 29.3 Å². The van der Waals surface area contributed by atoms with Gasteiger partial charge in [-0.05, 0) is 48.5 Å². The number of para-hydroxylation sites is 4. The van der Waals surface area contributed by atoms with Crippen LogP contribution >= 0.6 is 26.0 Å². The first-order chi connectivity index (χ1) is 16.3. The molecule has 0 aliphatic carbocycles. The third-order valence-electron chi connectivity index (χ3n) is 3.84. The van der Waals surface area contributed by atoms with Crippen molar-refractivity contribution >= 4 is 26.0 Å². The van der Waals surface area contributed by atoms with Gasteiger partial charge >= 0.3 is 14.8 Å². The third-order valence-corrected chi connectivity index (χ3v) is 6.00. The van der Waals surface area contributed by atoms with Crippen molar-refractivity contribution in [3.8, 4) is 23.0 Å². The standard InChI is InChI=1S/C12H10ClO3P.C12H11O4P.H2O/c2*13-17(14,15-11-7-3-1-4-8-11)16-12-9-5-2-6-10-12;/h1-10H;1-10H,(H,13,14);1H2. The molecule has 0 fully saturated rings. The molecule has 0 unspecified atom stereocenters. The number of phosphoric ester groups is 1.